The van der Waals surface area contributed by atoms with Gasteiger partial charge in [-0.15, -0.1) is 0 Å². The Balaban J connectivity index is 1.90. The minimum absolute atomic E-state index is 0.101. The smallest absolute Gasteiger partial charge is 0.263 e. The lowest BCUT2D eigenvalue weighted by Crippen LogP contribution is -2.21. The fourth-order valence-electron chi connectivity index (χ4n) is 1.62. The van der Waals surface area contributed by atoms with Crippen molar-refractivity contribution in [2.75, 3.05) is 17.7 Å². The van der Waals surface area contributed by atoms with E-state index in [0.29, 0.717) is 17.3 Å². The molecule has 2 aromatic rings. The van der Waals surface area contributed by atoms with Crippen LogP contribution in [-0.2, 0) is 11.2 Å². The molecule has 1 aromatic heterocycles. The molecule has 0 bridgehead atoms. The number of nitrogen functional groups attached to an aromatic ring is 1. The van der Waals surface area contributed by atoms with E-state index in [1.807, 2.05) is 6.92 Å². The molecule has 6 heteroatoms. The van der Waals surface area contributed by atoms with Crippen LogP contribution in [0.25, 0.3) is 0 Å². The third-order valence-corrected chi connectivity index (χ3v) is 2.64. The van der Waals surface area contributed by atoms with E-state index in [9.17, 15) is 4.79 Å². The van der Waals surface area contributed by atoms with Crippen LogP contribution in [0.2, 0.25) is 0 Å². The third kappa shape index (κ3) is 3.25. The van der Waals surface area contributed by atoms with Crippen molar-refractivity contribution in [2.24, 2.45) is 0 Å². The highest BCUT2D eigenvalue weighted by Gasteiger charge is 2.09. The zero-order valence-corrected chi connectivity index (χ0v) is 10.6. The number of para-hydroxylation sites is 2. The van der Waals surface area contributed by atoms with Crippen LogP contribution >= 0.6 is 0 Å². The first kappa shape index (κ1) is 12.9. The highest BCUT2D eigenvalue weighted by Crippen LogP contribution is 2.19. The number of nitrogens with zero attached hydrogens (tertiary/aromatic N) is 1. The number of benzene rings is 1. The molecule has 1 aromatic carbocycles. The number of amides is 1. The second kappa shape index (κ2) is 5.90. The van der Waals surface area contributed by atoms with Crippen molar-refractivity contribution in [3.63, 3.8) is 0 Å². The third-order valence-electron chi connectivity index (χ3n) is 2.64. The molecule has 4 N–H and O–H groups in total. The van der Waals surface area contributed by atoms with Gasteiger partial charge in [0.15, 0.2) is 6.61 Å². The topological polar surface area (TPSA) is 93.0 Å². The summed E-state index contributed by atoms with van der Waals surface area (Å²) in [5.41, 5.74) is 7.17. The standard InChI is InChI=1S/C13H16N4O2/c1-2-9-7-15-17-13(9)16-12(18)8-19-11-6-4-3-5-10(11)14/h3-7H,2,8,14H2,1H3,(H2,15,16,17,18). The largest absolute Gasteiger partial charge is 0.482 e. The first-order chi connectivity index (χ1) is 9.20. The summed E-state index contributed by atoms with van der Waals surface area (Å²) in [7, 11) is 0. The fourth-order valence-corrected chi connectivity index (χ4v) is 1.62. The summed E-state index contributed by atoms with van der Waals surface area (Å²) in [4.78, 5) is 11.7. The van der Waals surface area contributed by atoms with E-state index in [2.05, 4.69) is 15.5 Å². The van der Waals surface area contributed by atoms with Crippen molar-refractivity contribution in [3.8, 4) is 5.75 Å². The molecular formula is C13H16N4O2. The number of carbonyl (C=O) groups is 1. The van der Waals surface area contributed by atoms with Crippen LogP contribution < -0.4 is 15.8 Å². The van der Waals surface area contributed by atoms with Crippen LogP contribution in [0, 0.1) is 0 Å². The first-order valence-electron chi connectivity index (χ1n) is 6.00. The predicted molar refractivity (Wildman–Crippen MR) is 72.9 cm³/mol. The van der Waals surface area contributed by atoms with E-state index in [1.54, 1.807) is 30.5 Å². The van der Waals surface area contributed by atoms with E-state index in [-0.39, 0.29) is 12.5 Å². The molecule has 6 nitrogen and oxygen atoms in total. The number of hydrogen-bond donors (Lipinski definition) is 3. The van der Waals surface area contributed by atoms with Crippen molar-refractivity contribution in [2.45, 2.75) is 13.3 Å². The molecule has 0 aliphatic rings. The molecule has 0 saturated heterocycles. The summed E-state index contributed by atoms with van der Waals surface area (Å²) in [5.74, 6) is 0.845. The van der Waals surface area contributed by atoms with E-state index >= 15 is 0 Å². The van der Waals surface area contributed by atoms with Gasteiger partial charge in [-0.3, -0.25) is 9.89 Å². The zero-order valence-electron chi connectivity index (χ0n) is 10.6. The molecule has 0 aliphatic carbocycles. The molecule has 0 aliphatic heterocycles. The van der Waals surface area contributed by atoms with Crippen LogP contribution in [0.1, 0.15) is 12.5 Å². The number of H-pyrrole nitrogens is 1. The van der Waals surface area contributed by atoms with Crippen LogP contribution in [-0.4, -0.2) is 22.7 Å². The Hall–Kier alpha value is -2.50. The minimum atomic E-state index is -0.262. The maximum atomic E-state index is 11.7. The van der Waals surface area contributed by atoms with E-state index in [1.165, 1.54) is 0 Å². The highest BCUT2D eigenvalue weighted by molar-refractivity contribution is 5.91. The Kier molecular flexibility index (Phi) is 4.02. The summed E-state index contributed by atoms with van der Waals surface area (Å²) in [6.45, 7) is 1.89. The average Bonchev–Trinajstić information content (AvgIpc) is 2.85. The fraction of sp³-hybridized carbons (Fsp3) is 0.231. The van der Waals surface area contributed by atoms with Gasteiger partial charge in [-0.2, -0.15) is 5.10 Å². The predicted octanol–water partition coefficient (Wildman–Crippen LogP) is 1.57. The lowest BCUT2D eigenvalue weighted by Gasteiger charge is -2.08. The van der Waals surface area contributed by atoms with Crippen molar-refractivity contribution in [3.05, 3.63) is 36.0 Å². The number of aromatic amines is 1. The van der Waals surface area contributed by atoms with Gasteiger partial charge in [0.05, 0.1) is 11.9 Å². The monoisotopic (exact) mass is 260 g/mol. The number of nitrogens with two attached hydrogens (primary N) is 1. The zero-order chi connectivity index (χ0) is 13.7. The van der Waals surface area contributed by atoms with Gasteiger partial charge in [0.1, 0.15) is 11.6 Å². The van der Waals surface area contributed by atoms with Crippen molar-refractivity contribution >= 4 is 17.4 Å². The number of carbonyl (C=O) groups excluding carboxylic acids is 1. The number of hydrogen-bond acceptors (Lipinski definition) is 4. The van der Waals surface area contributed by atoms with Crippen molar-refractivity contribution < 1.29 is 9.53 Å². The molecule has 0 unspecified atom stereocenters. The summed E-state index contributed by atoms with van der Waals surface area (Å²) >= 11 is 0. The van der Waals surface area contributed by atoms with Gasteiger partial charge < -0.3 is 15.8 Å². The molecule has 0 fully saturated rings. The van der Waals surface area contributed by atoms with Gasteiger partial charge in [0.2, 0.25) is 0 Å². The van der Waals surface area contributed by atoms with Gasteiger partial charge in [0.25, 0.3) is 5.91 Å². The Morgan fingerprint density at radius 3 is 3.00 bits per heavy atom. The Morgan fingerprint density at radius 2 is 2.26 bits per heavy atom. The Labute approximate surface area is 111 Å². The van der Waals surface area contributed by atoms with Crippen LogP contribution in [0.4, 0.5) is 11.5 Å². The maximum absolute atomic E-state index is 11.7. The van der Waals surface area contributed by atoms with E-state index < -0.39 is 0 Å². The summed E-state index contributed by atoms with van der Waals surface area (Å²) in [6.07, 6.45) is 2.48. The number of aryl methyl sites for hydroxylation is 1. The molecule has 0 radical (unpaired) electrons. The number of anilines is 2. The summed E-state index contributed by atoms with van der Waals surface area (Å²) in [5, 5.41) is 9.32. The lowest BCUT2D eigenvalue weighted by molar-refractivity contribution is -0.118. The van der Waals surface area contributed by atoms with Crippen LogP contribution in [0.3, 0.4) is 0 Å². The number of rotatable bonds is 5. The molecule has 0 atom stereocenters. The van der Waals surface area contributed by atoms with Crippen LogP contribution in [0.15, 0.2) is 30.5 Å². The molecule has 0 saturated carbocycles. The van der Waals surface area contributed by atoms with Gasteiger partial charge in [0, 0.05) is 5.56 Å². The quantitative estimate of drug-likeness (QED) is 0.711. The van der Waals surface area contributed by atoms with E-state index in [0.717, 1.165) is 12.0 Å². The summed E-state index contributed by atoms with van der Waals surface area (Å²) < 4.78 is 5.35. The number of ether oxygens (including phenoxy) is 1. The Morgan fingerprint density at radius 1 is 1.47 bits per heavy atom. The Bertz CT molecular complexity index is 565. The normalized spacial score (nSPS) is 10.2. The highest BCUT2D eigenvalue weighted by atomic mass is 16.5. The average molecular weight is 260 g/mol. The molecule has 100 valence electrons. The minimum Gasteiger partial charge on any atom is -0.482 e. The molecule has 19 heavy (non-hydrogen) atoms. The second-order valence-corrected chi connectivity index (χ2v) is 4.00. The molecule has 1 amide bonds. The molecule has 1 heterocycles. The number of nitrogens with one attached hydrogen (secondary N) is 2. The van der Waals surface area contributed by atoms with Gasteiger partial charge in [-0.1, -0.05) is 19.1 Å². The number of aromatic nitrogens is 2. The van der Waals surface area contributed by atoms with Gasteiger partial charge in [-0.05, 0) is 18.6 Å². The van der Waals surface area contributed by atoms with Crippen LogP contribution in [0.5, 0.6) is 5.75 Å². The molecule has 0 spiro atoms. The first-order valence-corrected chi connectivity index (χ1v) is 6.00. The maximum Gasteiger partial charge on any atom is 0.263 e. The summed E-state index contributed by atoms with van der Waals surface area (Å²) in [6, 6.07) is 7.04. The van der Waals surface area contributed by atoms with E-state index in [4.69, 9.17) is 10.5 Å². The van der Waals surface area contributed by atoms with Gasteiger partial charge >= 0.3 is 0 Å². The van der Waals surface area contributed by atoms with Crippen molar-refractivity contribution in [1.29, 1.82) is 0 Å². The second-order valence-electron chi connectivity index (χ2n) is 4.00. The van der Waals surface area contributed by atoms with Crippen molar-refractivity contribution in [1.82, 2.24) is 10.2 Å². The van der Waals surface area contributed by atoms with Gasteiger partial charge in [-0.25, -0.2) is 0 Å². The SMILES string of the molecule is CCc1cn[nH]c1NC(=O)COc1ccccc1N. The lowest BCUT2D eigenvalue weighted by atomic mass is 10.2. The molecular weight excluding hydrogens is 244 g/mol. The molecule has 2 rings (SSSR count).